The molecule has 1 unspecified atom stereocenters. The van der Waals surface area contributed by atoms with Gasteiger partial charge >= 0.3 is 11.2 Å². The number of ether oxygens (including phenoxy) is 1. The van der Waals surface area contributed by atoms with Crippen molar-refractivity contribution in [3.63, 3.8) is 0 Å². The average molecular weight is 393 g/mol. The highest BCUT2D eigenvalue weighted by molar-refractivity contribution is 7.87. The number of alkyl halides is 2. The molecule has 5 nitrogen and oxygen atoms in total. The second kappa shape index (κ2) is 6.10. The Kier molecular flexibility index (Phi) is 4.08. The third-order valence-electron chi connectivity index (χ3n) is 5.40. The number of fused-ring (bicyclic) bond motifs is 1. The molecule has 2 bridgehead atoms. The lowest BCUT2D eigenvalue weighted by Crippen LogP contribution is -2.41. The van der Waals surface area contributed by atoms with Crippen LogP contribution in [0.25, 0.3) is 0 Å². The van der Waals surface area contributed by atoms with Crippen molar-refractivity contribution in [2.24, 2.45) is 5.92 Å². The summed E-state index contributed by atoms with van der Waals surface area (Å²) in [4.78, 5) is 11.5. The van der Waals surface area contributed by atoms with Gasteiger partial charge in [0, 0.05) is 17.8 Å². The Labute approximate surface area is 154 Å². The van der Waals surface area contributed by atoms with Gasteiger partial charge in [0.25, 0.3) is 0 Å². The van der Waals surface area contributed by atoms with E-state index in [4.69, 9.17) is 0 Å². The molecule has 0 radical (unpaired) electrons. The number of benzene rings is 2. The summed E-state index contributed by atoms with van der Waals surface area (Å²) in [6.07, 6.45) is 0.585. The topological polar surface area (TPSA) is 83.5 Å². The quantitative estimate of drug-likeness (QED) is 0.589. The molecule has 0 saturated carbocycles. The first kappa shape index (κ1) is 18.1. The van der Waals surface area contributed by atoms with Crippen LogP contribution in [0.2, 0.25) is 0 Å². The smallest absolute Gasteiger partial charge is 0.428 e. The zero-order valence-corrected chi connectivity index (χ0v) is 14.8. The Morgan fingerprint density at radius 2 is 1.52 bits per heavy atom. The Balaban J connectivity index is 1.63. The fourth-order valence-electron chi connectivity index (χ4n) is 4.29. The number of esters is 1. The molecule has 5 rings (SSSR count). The predicted molar refractivity (Wildman–Crippen MR) is 90.3 cm³/mol. The second-order valence-electron chi connectivity index (χ2n) is 6.85. The second-order valence-corrected chi connectivity index (χ2v) is 8.27. The molecular weight excluding hydrogens is 378 g/mol. The van der Waals surface area contributed by atoms with E-state index in [-0.39, 0.29) is 24.4 Å². The number of carbonyl (C=O) groups is 1. The molecule has 0 spiro atoms. The lowest BCUT2D eigenvalue weighted by Gasteiger charge is -2.45. The maximum Gasteiger partial charge on any atom is 0.428 e. The van der Waals surface area contributed by atoms with Gasteiger partial charge in [-0.15, -0.1) is 0 Å². The van der Waals surface area contributed by atoms with Gasteiger partial charge in [-0.2, -0.15) is 8.78 Å². The molecule has 0 fully saturated rings. The summed E-state index contributed by atoms with van der Waals surface area (Å²) in [5, 5.41) is -5.09. The molecule has 0 aromatic heterocycles. The standard InChI is InChI=1S/C19H16F2O5S/c20-19(21,27(23,24)25)18(22)26-10-11-9-16-12-5-1-3-7-14(12)17(11)15-8-4-2-6-13(15)16/h1-8,11,16-17H,9-10H2,(H,23,24,25)/p-1. The maximum absolute atomic E-state index is 13.4. The van der Waals surface area contributed by atoms with Gasteiger partial charge < -0.3 is 9.29 Å². The minimum Gasteiger partial charge on any atom is -0.743 e. The minimum absolute atomic E-state index is 0.0508. The number of carbonyl (C=O) groups excluding carboxylic acids is 1. The van der Waals surface area contributed by atoms with Crippen molar-refractivity contribution >= 4 is 16.1 Å². The van der Waals surface area contributed by atoms with Gasteiger partial charge in [0.15, 0.2) is 10.1 Å². The monoisotopic (exact) mass is 393 g/mol. The van der Waals surface area contributed by atoms with Crippen LogP contribution in [-0.4, -0.2) is 30.8 Å². The summed E-state index contributed by atoms with van der Waals surface area (Å²) in [7, 11) is -6.12. The molecule has 0 heterocycles. The summed E-state index contributed by atoms with van der Waals surface area (Å²) in [5.74, 6) is -2.70. The van der Waals surface area contributed by atoms with Gasteiger partial charge in [-0.05, 0) is 28.7 Å². The highest BCUT2D eigenvalue weighted by Crippen LogP contribution is 2.55. The highest BCUT2D eigenvalue weighted by atomic mass is 32.2. The van der Waals surface area contributed by atoms with Crippen LogP contribution in [0.4, 0.5) is 8.78 Å². The zero-order chi connectivity index (χ0) is 19.4. The van der Waals surface area contributed by atoms with E-state index in [2.05, 4.69) is 4.74 Å². The highest BCUT2D eigenvalue weighted by Gasteiger charge is 2.50. The van der Waals surface area contributed by atoms with Gasteiger partial charge in [0.1, 0.15) is 0 Å². The average Bonchev–Trinajstić information content (AvgIpc) is 2.65. The van der Waals surface area contributed by atoms with Crippen LogP contribution >= 0.6 is 0 Å². The fraction of sp³-hybridized carbons (Fsp3) is 0.316. The molecule has 0 amide bonds. The summed E-state index contributed by atoms with van der Waals surface area (Å²) < 4.78 is 63.1. The van der Waals surface area contributed by atoms with Crippen LogP contribution in [-0.2, 0) is 19.6 Å². The molecule has 3 aliphatic rings. The van der Waals surface area contributed by atoms with Gasteiger partial charge in [0.05, 0.1) is 6.61 Å². The molecule has 2 aromatic carbocycles. The number of hydrogen-bond donors (Lipinski definition) is 0. The Bertz CT molecular complexity index is 971. The van der Waals surface area contributed by atoms with E-state index in [0.717, 1.165) is 22.3 Å². The first-order valence-corrected chi connectivity index (χ1v) is 9.80. The predicted octanol–water partition coefficient (Wildman–Crippen LogP) is 2.96. The number of halogens is 2. The molecule has 0 N–H and O–H groups in total. The van der Waals surface area contributed by atoms with Crippen molar-refractivity contribution in [1.29, 1.82) is 0 Å². The molecule has 3 aliphatic carbocycles. The maximum atomic E-state index is 13.4. The van der Waals surface area contributed by atoms with Crippen molar-refractivity contribution in [3.8, 4) is 0 Å². The number of rotatable bonds is 4. The van der Waals surface area contributed by atoms with Crippen LogP contribution in [0.3, 0.4) is 0 Å². The van der Waals surface area contributed by atoms with Crippen LogP contribution in [0.5, 0.6) is 0 Å². The first-order valence-electron chi connectivity index (χ1n) is 8.40. The molecule has 2 aromatic rings. The molecule has 142 valence electrons. The van der Waals surface area contributed by atoms with Crippen molar-refractivity contribution < 1.29 is 31.3 Å². The molecule has 0 aliphatic heterocycles. The zero-order valence-electron chi connectivity index (χ0n) is 14.0. The van der Waals surface area contributed by atoms with Crippen LogP contribution < -0.4 is 0 Å². The van der Waals surface area contributed by atoms with E-state index in [1.165, 1.54) is 0 Å². The first-order chi connectivity index (χ1) is 12.7. The summed E-state index contributed by atoms with van der Waals surface area (Å²) >= 11 is 0. The van der Waals surface area contributed by atoms with Crippen molar-refractivity contribution in [1.82, 2.24) is 0 Å². The van der Waals surface area contributed by atoms with Gasteiger partial charge in [0.2, 0.25) is 0 Å². The van der Waals surface area contributed by atoms with E-state index in [9.17, 15) is 26.5 Å². The molecular formula is C19H15F2O5S-. The normalized spacial score (nSPS) is 23.4. The number of hydrogen-bond acceptors (Lipinski definition) is 5. The lowest BCUT2D eigenvalue weighted by molar-refractivity contribution is -0.163. The van der Waals surface area contributed by atoms with E-state index < -0.39 is 21.3 Å². The lowest BCUT2D eigenvalue weighted by atomic mass is 9.59. The van der Waals surface area contributed by atoms with Crippen molar-refractivity contribution in [2.75, 3.05) is 6.61 Å². The van der Waals surface area contributed by atoms with Gasteiger partial charge in [-0.1, -0.05) is 48.5 Å². The fourth-order valence-corrected chi connectivity index (χ4v) is 4.55. The van der Waals surface area contributed by atoms with Crippen LogP contribution in [0.1, 0.15) is 40.5 Å². The largest absolute Gasteiger partial charge is 0.743 e. The van der Waals surface area contributed by atoms with E-state index in [1.807, 2.05) is 48.5 Å². The molecule has 1 atom stereocenters. The Morgan fingerprint density at radius 3 is 2.00 bits per heavy atom. The third-order valence-corrected chi connectivity index (χ3v) is 6.20. The Morgan fingerprint density at radius 1 is 1.04 bits per heavy atom. The molecule has 0 saturated heterocycles. The Hall–Kier alpha value is -2.32. The van der Waals surface area contributed by atoms with E-state index in [1.54, 1.807) is 0 Å². The van der Waals surface area contributed by atoms with E-state index >= 15 is 0 Å². The minimum atomic E-state index is -6.12. The van der Waals surface area contributed by atoms with Crippen LogP contribution in [0.15, 0.2) is 48.5 Å². The summed E-state index contributed by atoms with van der Waals surface area (Å²) in [6, 6.07) is 15.7. The van der Waals surface area contributed by atoms with Crippen molar-refractivity contribution in [2.45, 2.75) is 23.5 Å². The summed E-state index contributed by atoms with van der Waals surface area (Å²) in [6.45, 7) is -0.381. The summed E-state index contributed by atoms with van der Waals surface area (Å²) in [5.41, 5.74) is 4.43. The molecule has 8 heteroatoms. The van der Waals surface area contributed by atoms with Crippen LogP contribution in [0, 0.1) is 5.92 Å². The van der Waals surface area contributed by atoms with Crippen molar-refractivity contribution in [3.05, 3.63) is 70.8 Å². The van der Waals surface area contributed by atoms with Gasteiger partial charge in [-0.25, -0.2) is 13.2 Å². The SMILES string of the molecule is O=C(OCC1CC2c3ccccc3C1c1ccccc12)C(F)(F)S(=O)(=O)[O-]. The van der Waals surface area contributed by atoms with E-state index in [0.29, 0.717) is 6.42 Å². The van der Waals surface area contributed by atoms with Gasteiger partial charge in [-0.3, -0.25) is 0 Å². The third kappa shape index (κ3) is 2.74. The molecule has 27 heavy (non-hydrogen) atoms.